The lowest BCUT2D eigenvalue weighted by Gasteiger charge is -2.34. The first-order valence-electron chi connectivity index (χ1n) is 9.74. The number of halogens is 1. The van der Waals surface area contributed by atoms with E-state index in [4.69, 9.17) is 0 Å². The van der Waals surface area contributed by atoms with E-state index in [0.717, 1.165) is 5.56 Å². The molecule has 1 aliphatic rings. The summed E-state index contributed by atoms with van der Waals surface area (Å²) < 4.78 is 14.9. The van der Waals surface area contributed by atoms with Gasteiger partial charge in [0.05, 0.1) is 17.8 Å². The number of amides is 2. The molecule has 1 fully saturated rings. The number of carbonyl (C=O) groups is 2. The molecule has 2 heterocycles. The second-order valence-corrected chi connectivity index (χ2v) is 7.55. The van der Waals surface area contributed by atoms with Gasteiger partial charge in [0.25, 0.3) is 5.91 Å². The lowest BCUT2D eigenvalue weighted by atomic mass is 10.0. The van der Waals surface area contributed by atoms with E-state index in [1.165, 1.54) is 12.1 Å². The van der Waals surface area contributed by atoms with Crippen LogP contribution in [0, 0.1) is 11.7 Å². The van der Waals surface area contributed by atoms with Crippen LogP contribution in [0.1, 0.15) is 43.1 Å². The Balaban J connectivity index is 1.80. The molecule has 0 aliphatic carbocycles. The number of rotatable bonds is 5. The molecule has 1 aromatic carbocycles. The minimum atomic E-state index is -0.296. The summed E-state index contributed by atoms with van der Waals surface area (Å²) in [5, 5.41) is 4.18. The summed E-state index contributed by atoms with van der Waals surface area (Å²) in [6, 6.07) is 6.11. The van der Waals surface area contributed by atoms with Crippen LogP contribution in [-0.2, 0) is 17.9 Å². The molecular formula is C21H27FN4O2. The monoisotopic (exact) mass is 386 g/mol. The summed E-state index contributed by atoms with van der Waals surface area (Å²) in [7, 11) is 0. The van der Waals surface area contributed by atoms with Crippen LogP contribution in [0.15, 0.2) is 36.7 Å². The van der Waals surface area contributed by atoms with Crippen LogP contribution in [0.4, 0.5) is 4.39 Å². The molecule has 2 amide bonds. The molecule has 6 nitrogen and oxygen atoms in total. The minimum Gasteiger partial charge on any atom is -0.336 e. The molecule has 1 saturated heterocycles. The third-order valence-corrected chi connectivity index (χ3v) is 5.25. The van der Waals surface area contributed by atoms with Gasteiger partial charge < -0.3 is 9.80 Å². The van der Waals surface area contributed by atoms with E-state index in [0.29, 0.717) is 31.7 Å². The third kappa shape index (κ3) is 4.40. The summed E-state index contributed by atoms with van der Waals surface area (Å²) in [5.74, 6) is -0.198. The molecule has 28 heavy (non-hydrogen) atoms. The molecule has 0 N–H and O–H groups in total. The average molecular weight is 386 g/mol. The molecule has 0 bridgehead atoms. The topological polar surface area (TPSA) is 58.4 Å². The van der Waals surface area contributed by atoms with Gasteiger partial charge in [0.1, 0.15) is 5.82 Å². The number of nitrogens with zero attached hydrogens (tertiary/aromatic N) is 4. The van der Waals surface area contributed by atoms with Crippen molar-refractivity contribution in [1.82, 2.24) is 19.6 Å². The highest BCUT2D eigenvalue weighted by atomic mass is 19.1. The van der Waals surface area contributed by atoms with Gasteiger partial charge in [-0.25, -0.2) is 4.39 Å². The van der Waals surface area contributed by atoms with Crippen molar-refractivity contribution in [2.24, 2.45) is 5.92 Å². The SMILES string of the molecule is CCn1cc(C(=O)N2CCC(=O)N(Cc3ccc(F)cc3)C(C(C)C)C2)cn1. The van der Waals surface area contributed by atoms with Gasteiger partial charge in [0.15, 0.2) is 0 Å². The lowest BCUT2D eigenvalue weighted by molar-refractivity contribution is -0.134. The van der Waals surface area contributed by atoms with E-state index in [1.54, 1.807) is 34.1 Å². The Labute approximate surface area is 164 Å². The summed E-state index contributed by atoms with van der Waals surface area (Å²) in [5.41, 5.74) is 1.42. The molecule has 2 aromatic rings. The second kappa shape index (κ2) is 8.54. The number of hydrogen-bond donors (Lipinski definition) is 0. The maximum atomic E-state index is 13.2. The van der Waals surface area contributed by atoms with Gasteiger partial charge >= 0.3 is 0 Å². The number of aromatic nitrogens is 2. The first-order chi connectivity index (χ1) is 13.4. The highest BCUT2D eigenvalue weighted by Gasteiger charge is 2.34. The Morgan fingerprint density at radius 1 is 1.29 bits per heavy atom. The van der Waals surface area contributed by atoms with E-state index in [-0.39, 0.29) is 36.0 Å². The molecule has 0 radical (unpaired) electrons. The van der Waals surface area contributed by atoms with Crippen molar-refractivity contribution in [2.75, 3.05) is 13.1 Å². The summed E-state index contributed by atoms with van der Waals surface area (Å²) >= 11 is 0. The predicted molar refractivity (Wildman–Crippen MR) is 104 cm³/mol. The van der Waals surface area contributed by atoms with Crippen molar-refractivity contribution in [1.29, 1.82) is 0 Å². The third-order valence-electron chi connectivity index (χ3n) is 5.25. The van der Waals surface area contributed by atoms with Gasteiger partial charge in [0, 0.05) is 38.8 Å². The maximum absolute atomic E-state index is 13.2. The quantitative estimate of drug-likeness (QED) is 0.794. The number of aryl methyl sites for hydroxylation is 1. The van der Waals surface area contributed by atoms with Crippen molar-refractivity contribution in [3.05, 3.63) is 53.6 Å². The highest BCUT2D eigenvalue weighted by molar-refractivity contribution is 5.94. The fraction of sp³-hybridized carbons (Fsp3) is 0.476. The Hall–Kier alpha value is -2.70. The van der Waals surface area contributed by atoms with E-state index in [1.807, 2.05) is 11.8 Å². The fourth-order valence-corrected chi connectivity index (χ4v) is 3.55. The largest absolute Gasteiger partial charge is 0.336 e. The highest BCUT2D eigenvalue weighted by Crippen LogP contribution is 2.22. The first-order valence-corrected chi connectivity index (χ1v) is 9.74. The fourth-order valence-electron chi connectivity index (χ4n) is 3.55. The van der Waals surface area contributed by atoms with Gasteiger partial charge in [0.2, 0.25) is 5.91 Å². The Morgan fingerprint density at radius 2 is 2.00 bits per heavy atom. The van der Waals surface area contributed by atoms with Crippen molar-refractivity contribution < 1.29 is 14.0 Å². The van der Waals surface area contributed by atoms with Crippen LogP contribution in [0.2, 0.25) is 0 Å². The molecule has 7 heteroatoms. The van der Waals surface area contributed by atoms with Crippen LogP contribution in [0.5, 0.6) is 0 Å². The molecule has 1 aliphatic heterocycles. The molecule has 0 spiro atoms. The summed E-state index contributed by atoms with van der Waals surface area (Å²) in [4.78, 5) is 29.4. The number of benzene rings is 1. The van der Waals surface area contributed by atoms with Gasteiger partial charge in [-0.3, -0.25) is 14.3 Å². The predicted octanol–water partition coefficient (Wildman–Crippen LogP) is 2.94. The van der Waals surface area contributed by atoms with Gasteiger partial charge in [-0.1, -0.05) is 26.0 Å². The Morgan fingerprint density at radius 3 is 2.61 bits per heavy atom. The lowest BCUT2D eigenvalue weighted by Crippen LogP contribution is -2.47. The first kappa shape index (κ1) is 20.0. The average Bonchev–Trinajstić information content (AvgIpc) is 3.10. The minimum absolute atomic E-state index is 0.0163. The van der Waals surface area contributed by atoms with Gasteiger partial charge in [-0.15, -0.1) is 0 Å². The van der Waals surface area contributed by atoms with Crippen molar-refractivity contribution in [2.45, 2.75) is 46.3 Å². The smallest absolute Gasteiger partial charge is 0.257 e. The molecule has 1 aromatic heterocycles. The van der Waals surface area contributed by atoms with E-state index in [2.05, 4.69) is 18.9 Å². The number of carbonyl (C=O) groups excluding carboxylic acids is 2. The Kier molecular flexibility index (Phi) is 6.11. The molecule has 3 rings (SSSR count). The maximum Gasteiger partial charge on any atom is 0.257 e. The van der Waals surface area contributed by atoms with Crippen molar-refractivity contribution >= 4 is 11.8 Å². The normalized spacial score (nSPS) is 17.9. The van der Waals surface area contributed by atoms with Crippen LogP contribution in [0.3, 0.4) is 0 Å². The standard InChI is InChI=1S/C21H27FN4O2/c1-4-25-13-17(11-23-25)21(28)24-10-9-20(27)26(19(14-24)15(2)3)12-16-5-7-18(22)8-6-16/h5-8,11,13,15,19H,4,9-10,12,14H2,1-3H3. The zero-order chi connectivity index (χ0) is 20.3. The van der Waals surface area contributed by atoms with Crippen LogP contribution in [0.25, 0.3) is 0 Å². The second-order valence-electron chi connectivity index (χ2n) is 7.55. The molecule has 150 valence electrons. The van der Waals surface area contributed by atoms with E-state index < -0.39 is 0 Å². The molecule has 1 atom stereocenters. The Bertz CT molecular complexity index is 831. The number of hydrogen-bond acceptors (Lipinski definition) is 3. The van der Waals surface area contributed by atoms with Gasteiger partial charge in [-0.05, 0) is 30.5 Å². The van der Waals surface area contributed by atoms with Crippen LogP contribution >= 0.6 is 0 Å². The van der Waals surface area contributed by atoms with Crippen LogP contribution < -0.4 is 0 Å². The van der Waals surface area contributed by atoms with Crippen molar-refractivity contribution in [3.8, 4) is 0 Å². The zero-order valence-corrected chi connectivity index (χ0v) is 16.6. The summed E-state index contributed by atoms with van der Waals surface area (Å²) in [6.45, 7) is 8.05. The van der Waals surface area contributed by atoms with E-state index >= 15 is 0 Å². The van der Waals surface area contributed by atoms with E-state index in [9.17, 15) is 14.0 Å². The molecule has 1 unspecified atom stereocenters. The summed E-state index contributed by atoms with van der Waals surface area (Å²) in [6.07, 6.45) is 3.60. The van der Waals surface area contributed by atoms with Crippen LogP contribution in [-0.4, -0.2) is 50.5 Å². The molecule has 0 saturated carbocycles. The zero-order valence-electron chi connectivity index (χ0n) is 16.6. The van der Waals surface area contributed by atoms with Gasteiger partial charge in [-0.2, -0.15) is 5.10 Å². The van der Waals surface area contributed by atoms with Crippen molar-refractivity contribution in [3.63, 3.8) is 0 Å². The molecular weight excluding hydrogens is 359 g/mol.